The summed E-state index contributed by atoms with van der Waals surface area (Å²) in [5, 5.41) is 19.9. The van der Waals surface area contributed by atoms with Crippen molar-refractivity contribution in [3.05, 3.63) is 59.2 Å². The molecule has 3 N–H and O–H groups in total. The molecule has 4 rings (SSSR count). The molecule has 0 saturated carbocycles. The summed E-state index contributed by atoms with van der Waals surface area (Å²) in [7, 11) is -3.57. The molecule has 2 aromatic carbocycles. The van der Waals surface area contributed by atoms with Gasteiger partial charge in [-0.1, -0.05) is 18.0 Å². The standard InChI is InChI=1S/C22H23ClN4O4S/c1-14-4-2-3-11-27(14)32(30,31)17-8-6-16(7-9-17)24-22(29)20-13-19(25-26-20)18-12-15(23)5-10-21(18)28/h5-10,12-14,28H,2-4,11H2,1H3,(H,24,29)(H,25,26)/t14-/m1/s1. The Morgan fingerprint density at radius 1 is 1.19 bits per heavy atom. The molecular weight excluding hydrogens is 452 g/mol. The average molecular weight is 475 g/mol. The van der Waals surface area contributed by atoms with Crippen molar-refractivity contribution in [1.29, 1.82) is 0 Å². The van der Waals surface area contributed by atoms with Crippen molar-refractivity contribution < 1.29 is 18.3 Å². The molecule has 1 fully saturated rings. The number of carbonyl (C=O) groups excluding carboxylic acids is 1. The van der Waals surface area contributed by atoms with Crippen LogP contribution in [0.2, 0.25) is 5.02 Å². The zero-order valence-corrected chi connectivity index (χ0v) is 18.9. The second-order valence-electron chi connectivity index (χ2n) is 7.77. The number of aromatic amines is 1. The number of nitrogens with one attached hydrogen (secondary N) is 2. The van der Waals surface area contributed by atoms with Gasteiger partial charge in [0.2, 0.25) is 10.0 Å². The summed E-state index contributed by atoms with van der Waals surface area (Å²) in [6.45, 7) is 2.44. The number of halogens is 1. The normalized spacial score (nSPS) is 17.2. The highest BCUT2D eigenvalue weighted by Gasteiger charge is 2.30. The zero-order chi connectivity index (χ0) is 22.9. The van der Waals surface area contributed by atoms with Gasteiger partial charge in [0, 0.05) is 28.9 Å². The molecule has 168 valence electrons. The van der Waals surface area contributed by atoms with Crippen LogP contribution in [0.15, 0.2) is 53.4 Å². The molecule has 1 aliphatic rings. The number of aromatic nitrogens is 2. The van der Waals surface area contributed by atoms with Crippen LogP contribution in [0.1, 0.15) is 36.7 Å². The van der Waals surface area contributed by atoms with E-state index in [2.05, 4.69) is 15.5 Å². The molecule has 32 heavy (non-hydrogen) atoms. The predicted octanol–water partition coefficient (Wildman–Crippen LogP) is 4.25. The minimum atomic E-state index is -3.57. The van der Waals surface area contributed by atoms with Gasteiger partial charge in [0.1, 0.15) is 11.4 Å². The number of hydrogen-bond acceptors (Lipinski definition) is 5. The van der Waals surface area contributed by atoms with Gasteiger partial charge in [0.25, 0.3) is 5.91 Å². The lowest BCUT2D eigenvalue weighted by atomic mass is 10.1. The minimum Gasteiger partial charge on any atom is -0.507 e. The smallest absolute Gasteiger partial charge is 0.273 e. The molecule has 2 heterocycles. The summed E-state index contributed by atoms with van der Waals surface area (Å²) in [6.07, 6.45) is 2.74. The Kier molecular flexibility index (Phi) is 6.23. The number of anilines is 1. The number of benzene rings is 2. The Balaban J connectivity index is 1.48. The molecule has 1 aromatic heterocycles. The van der Waals surface area contributed by atoms with Gasteiger partial charge >= 0.3 is 0 Å². The molecule has 1 aliphatic heterocycles. The average Bonchev–Trinajstić information content (AvgIpc) is 3.26. The largest absolute Gasteiger partial charge is 0.507 e. The van der Waals surface area contributed by atoms with Gasteiger partial charge < -0.3 is 10.4 Å². The minimum absolute atomic E-state index is 0.00678. The maximum atomic E-state index is 12.9. The lowest BCUT2D eigenvalue weighted by Gasteiger charge is -2.32. The molecule has 3 aromatic rings. The number of rotatable bonds is 5. The summed E-state index contributed by atoms with van der Waals surface area (Å²) < 4.78 is 27.4. The van der Waals surface area contributed by atoms with Crippen LogP contribution < -0.4 is 5.32 Å². The number of amides is 1. The number of piperidine rings is 1. The first-order valence-electron chi connectivity index (χ1n) is 10.2. The monoisotopic (exact) mass is 474 g/mol. The highest BCUT2D eigenvalue weighted by Crippen LogP contribution is 2.31. The Morgan fingerprint density at radius 3 is 2.66 bits per heavy atom. The van der Waals surface area contributed by atoms with Crippen molar-refractivity contribution in [3.63, 3.8) is 0 Å². The molecule has 1 amide bonds. The second-order valence-corrected chi connectivity index (χ2v) is 10.1. The van der Waals surface area contributed by atoms with Crippen LogP contribution in [0.3, 0.4) is 0 Å². The van der Waals surface area contributed by atoms with Gasteiger partial charge in [0.05, 0.1) is 10.6 Å². The molecule has 0 spiro atoms. The summed E-state index contributed by atoms with van der Waals surface area (Å²) >= 11 is 5.97. The highest BCUT2D eigenvalue weighted by molar-refractivity contribution is 7.89. The maximum Gasteiger partial charge on any atom is 0.273 e. The number of H-pyrrole nitrogens is 1. The van der Waals surface area contributed by atoms with Crippen LogP contribution in [0, 0.1) is 0 Å². The van der Waals surface area contributed by atoms with Gasteiger partial charge in [-0.15, -0.1) is 0 Å². The van der Waals surface area contributed by atoms with E-state index in [1.54, 1.807) is 28.6 Å². The fourth-order valence-electron chi connectivity index (χ4n) is 3.76. The summed E-state index contributed by atoms with van der Waals surface area (Å²) in [5.74, 6) is -0.460. The Labute approximate surface area is 191 Å². The molecular formula is C22H23ClN4O4S. The number of phenolic OH excluding ortho intramolecular Hbond substituents is 1. The van der Waals surface area contributed by atoms with Gasteiger partial charge in [-0.3, -0.25) is 9.89 Å². The van der Waals surface area contributed by atoms with Crippen molar-refractivity contribution >= 4 is 33.2 Å². The molecule has 1 atom stereocenters. The zero-order valence-electron chi connectivity index (χ0n) is 17.4. The number of hydrogen-bond donors (Lipinski definition) is 3. The number of aromatic hydroxyl groups is 1. The van der Waals surface area contributed by atoms with E-state index < -0.39 is 15.9 Å². The van der Waals surface area contributed by atoms with Crippen LogP contribution in [-0.4, -0.2) is 46.5 Å². The number of nitrogens with zero attached hydrogens (tertiary/aromatic N) is 2. The second kappa shape index (κ2) is 8.93. The molecule has 8 nitrogen and oxygen atoms in total. The first kappa shape index (κ1) is 22.3. The third-order valence-corrected chi connectivity index (χ3v) is 7.78. The Morgan fingerprint density at radius 2 is 1.94 bits per heavy atom. The first-order chi connectivity index (χ1) is 15.3. The van der Waals surface area contributed by atoms with Gasteiger partial charge in [-0.2, -0.15) is 9.40 Å². The van der Waals surface area contributed by atoms with Crippen molar-refractivity contribution in [1.82, 2.24) is 14.5 Å². The summed E-state index contributed by atoms with van der Waals surface area (Å²) in [5.41, 5.74) is 1.39. The topological polar surface area (TPSA) is 115 Å². The third-order valence-electron chi connectivity index (χ3n) is 5.52. The molecule has 0 aliphatic carbocycles. The van der Waals surface area contributed by atoms with Gasteiger partial charge in [0.15, 0.2) is 0 Å². The van der Waals surface area contributed by atoms with Crippen molar-refractivity contribution in [2.75, 3.05) is 11.9 Å². The van der Waals surface area contributed by atoms with Crippen molar-refractivity contribution in [2.45, 2.75) is 37.1 Å². The fourth-order valence-corrected chi connectivity index (χ4v) is 5.63. The third kappa shape index (κ3) is 4.50. The van der Waals surface area contributed by atoms with Crippen LogP contribution in [0.25, 0.3) is 11.3 Å². The van der Waals surface area contributed by atoms with Crippen molar-refractivity contribution in [3.8, 4) is 17.0 Å². The molecule has 0 unspecified atom stereocenters. The van der Waals surface area contributed by atoms with E-state index in [-0.39, 0.29) is 22.4 Å². The van der Waals surface area contributed by atoms with E-state index in [0.717, 1.165) is 19.3 Å². The first-order valence-corrected chi connectivity index (χ1v) is 12.0. The molecule has 0 bridgehead atoms. The molecule has 1 saturated heterocycles. The highest BCUT2D eigenvalue weighted by atomic mass is 35.5. The quantitative estimate of drug-likeness (QED) is 0.511. The molecule has 0 radical (unpaired) electrons. The van der Waals surface area contributed by atoms with E-state index in [0.29, 0.717) is 28.5 Å². The fraction of sp³-hybridized carbons (Fsp3) is 0.273. The SMILES string of the molecule is C[C@@H]1CCCCN1S(=O)(=O)c1ccc(NC(=O)c2cc(-c3cc(Cl)ccc3O)n[nH]2)cc1. The number of carbonyl (C=O) groups is 1. The van der Waals surface area contributed by atoms with Crippen molar-refractivity contribution in [2.24, 2.45) is 0 Å². The van der Waals surface area contributed by atoms with Crippen LogP contribution in [0.4, 0.5) is 5.69 Å². The van der Waals surface area contributed by atoms with E-state index >= 15 is 0 Å². The van der Waals surface area contributed by atoms with E-state index in [1.165, 1.54) is 24.3 Å². The van der Waals surface area contributed by atoms with E-state index in [9.17, 15) is 18.3 Å². The lowest BCUT2D eigenvalue weighted by molar-refractivity contribution is 0.102. The van der Waals surface area contributed by atoms with E-state index in [4.69, 9.17) is 11.6 Å². The summed E-state index contributed by atoms with van der Waals surface area (Å²) in [4.78, 5) is 12.8. The maximum absolute atomic E-state index is 12.9. The van der Waals surface area contributed by atoms with Crippen LogP contribution >= 0.6 is 11.6 Å². The van der Waals surface area contributed by atoms with E-state index in [1.807, 2.05) is 6.92 Å². The Hall–Kier alpha value is -2.88. The molecule has 10 heteroatoms. The summed E-state index contributed by atoms with van der Waals surface area (Å²) in [6, 6.07) is 12.1. The number of phenols is 1. The lowest BCUT2D eigenvalue weighted by Crippen LogP contribution is -2.41. The predicted molar refractivity (Wildman–Crippen MR) is 122 cm³/mol. The van der Waals surface area contributed by atoms with Gasteiger partial charge in [-0.25, -0.2) is 8.42 Å². The Bertz CT molecular complexity index is 1240. The van der Waals surface area contributed by atoms with Crippen LogP contribution in [0.5, 0.6) is 5.75 Å². The van der Waals surface area contributed by atoms with Crippen LogP contribution in [-0.2, 0) is 10.0 Å². The number of sulfonamides is 1. The van der Waals surface area contributed by atoms with Gasteiger partial charge in [-0.05, 0) is 68.3 Å².